The van der Waals surface area contributed by atoms with Crippen LogP contribution in [0.3, 0.4) is 0 Å². The van der Waals surface area contributed by atoms with E-state index in [4.69, 9.17) is 0 Å². The number of hydrogen-bond acceptors (Lipinski definition) is 2. The van der Waals surface area contributed by atoms with Crippen molar-refractivity contribution in [2.45, 2.75) is 66.0 Å². The van der Waals surface area contributed by atoms with E-state index in [0.29, 0.717) is 17.9 Å². The van der Waals surface area contributed by atoms with Crippen molar-refractivity contribution < 1.29 is 5.11 Å². The quantitative estimate of drug-likeness (QED) is 0.652. The lowest BCUT2D eigenvalue weighted by Crippen LogP contribution is -2.42. The van der Waals surface area contributed by atoms with Gasteiger partial charge in [-0.3, -0.25) is 0 Å². The number of aliphatic hydroxyl groups is 1. The Balaban J connectivity index is 4.29. The molecule has 0 aromatic carbocycles. The highest BCUT2D eigenvalue weighted by molar-refractivity contribution is 4.80. The minimum Gasteiger partial charge on any atom is -0.393 e. The summed E-state index contributed by atoms with van der Waals surface area (Å²) in [5.74, 6) is 1.08. The van der Waals surface area contributed by atoms with E-state index >= 15 is 0 Å². The average molecular weight is 215 g/mol. The molecule has 2 nitrogen and oxygen atoms in total. The van der Waals surface area contributed by atoms with E-state index in [1.165, 1.54) is 0 Å². The molecule has 3 unspecified atom stereocenters. The van der Waals surface area contributed by atoms with E-state index < -0.39 is 0 Å². The molecule has 15 heavy (non-hydrogen) atoms. The molecule has 0 saturated heterocycles. The second-order valence-electron chi connectivity index (χ2n) is 5.00. The van der Waals surface area contributed by atoms with Crippen molar-refractivity contribution in [1.29, 1.82) is 0 Å². The van der Waals surface area contributed by atoms with E-state index in [-0.39, 0.29) is 6.10 Å². The van der Waals surface area contributed by atoms with Crippen molar-refractivity contribution in [3.05, 3.63) is 0 Å². The molecule has 0 rings (SSSR count). The van der Waals surface area contributed by atoms with Crippen LogP contribution < -0.4 is 5.32 Å². The molecular formula is C13H29NO. The highest BCUT2D eigenvalue weighted by Crippen LogP contribution is 2.20. The Morgan fingerprint density at radius 2 is 1.73 bits per heavy atom. The van der Waals surface area contributed by atoms with Crippen LogP contribution in [-0.4, -0.2) is 23.8 Å². The highest BCUT2D eigenvalue weighted by Gasteiger charge is 2.24. The molecule has 3 atom stereocenters. The molecule has 92 valence electrons. The van der Waals surface area contributed by atoms with E-state index in [9.17, 15) is 5.11 Å². The summed E-state index contributed by atoms with van der Waals surface area (Å²) in [4.78, 5) is 0. The third-order valence-corrected chi connectivity index (χ3v) is 2.99. The topological polar surface area (TPSA) is 32.3 Å². The standard InChI is InChI=1S/C13H29NO/c1-6-8-14-13(9-10(3)4)12(7-2)11(5)15/h10-15H,6-9H2,1-5H3. The normalized spacial score (nSPS) is 17.8. The van der Waals surface area contributed by atoms with Gasteiger partial charge in [0.15, 0.2) is 0 Å². The predicted octanol–water partition coefficient (Wildman–Crippen LogP) is 2.81. The van der Waals surface area contributed by atoms with Crippen molar-refractivity contribution in [2.75, 3.05) is 6.54 Å². The molecule has 0 aliphatic heterocycles. The van der Waals surface area contributed by atoms with Crippen LogP contribution >= 0.6 is 0 Å². The summed E-state index contributed by atoms with van der Waals surface area (Å²) in [5.41, 5.74) is 0. The SMILES string of the molecule is CCCNC(CC(C)C)C(CC)C(C)O. The summed E-state index contributed by atoms with van der Waals surface area (Å²) in [6.07, 6.45) is 3.16. The summed E-state index contributed by atoms with van der Waals surface area (Å²) >= 11 is 0. The van der Waals surface area contributed by atoms with Crippen LogP contribution in [0.4, 0.5) is 0 Å². The van der Waals surface area contributed by atoms with E-state index in [1.54, 1.807) is 0 Å². The van der Waals surface area contributed by atoms with Crippen molar-refractivity contribution >= 4 is 0 Å². The van der Waals surface area contributed by atoms with Crippen LogP contribution in [0.2, 0.25) is 0 Å². The molecule has 2 heteroatoms. The van der Waals surface area contributed by atoms with Gasteiger partial charge >= 0.3 is 0 Å². The van der Waals surface area contributed by atoms with Crippen molar-refractivity contribution in [2.24, 2.45) is 11.8 Å². The van der Waals surface area contributed by atoms with Crippen LogP contribution in [-0.2, 0) is 0 Å². The Morgan fingerprint density at radius 3 is 2.07 bits per heavy atom. The van der Waals surface area contributed by atoms with Gasteiger partial charge in [-0.2, -0.15) is 0 Å². The van der Waals surface area contributed by atoms with Gasteiger partial charge in [0, 0.05) is 6.04 Å². The second kappa shape index (κ2) is 8.12. The first-order chi connectivity index (χ1) is 7.02. The number of aliphatic hydroxyl groups excluding tert-OH is 1. The molecular weight excluding hydrogens is 186 g/mol. The smallest absolute Gasteiger partial charge is 0.0555 e. The Bertz CT molecular complexity index is 145. The molecule has 0 spiro atoms. The summed E-state index contributed by atoms with van der Waals surface area (Å²) in [6.45, 7) is 11.8. The maximum Gasteiger partial charge on any atom is 0.0555 e. The summed E-state index contributed by atoms with van der Waals surface area (Å²) in [5, 5.41) is 13.3. The average Bonchev–Trinajstić information content (AvgIpc) is 2.13. The van der Waals surface area contributed by atoms with E-state index in [0.717, 1.165) is 25.8 Å². The number of rotatable bonds is 8. The Labute approximate surface area is 95.5 Å². The summed E-state index contributed by atoms with van der Waals surface area (Å²) in [6, 6.07) is 0.468. The molecule has 0 aliphatic rings. The molecule has 0 fully saturated rings. The minimum absolute atomic E-state index is 0.205. The lowest BCUT2D eigenvalue weighted by molar-refractivity contribution is 0.0907. The first kappa shape index (κ1) is 14.9. The summed E-state index contributed by atoms with van der Waals surface area (Å²) in [7, 11) is 0. The maximum absolute atomic E-state index is 9.75. The van der Waals surface area contributed by atoms with Gasteiger partial charge in [0.25, 0.3) is 0 Å². The van der Waals surface area contributed by atoms with Crippen molar-refractivity contribution in [3.8, 4) is 0 Å². The van der Waals surface area contributed by atoms with Gasteiger partial charge in [-0.05, 0) is 44.6 Å². The van der Waals surface area contributed by atoms with Crippen molar-refractivity contribution in [3.63, 3.8) is 0 Å². The molecule has 0 saturated carbocycles. The molecule has 2 N–H and O–H groups in total. The number of hydrogen-bond donors (Lipinski definition) is 2. The van der Waals surface area contributed by atoms with Gasteiger partial charge < -0.3 is 10.4 Å². The zero-order valence-electron chi connectivity index (χ0n) is 11.1. The van der Waals surface area contributed by atoms with Gasteiger partial charge in [0.05, 0.1) is 6.10 Å². The molecule has 0 heterocycles. The monoisotopic (exact) mass is 215 g/mol. The molecule has 0 bridgehead atoms. The zero-order valence-corrected chi connectivity index (χ0v) is 11.1. The third kappa shape index (κ3) is 6.16. The van der Waals surface area contributed by atoms with Crippen LogP contribution in [0.25, 0.3) is 0 Å². The van der Waals surface area contributed by atoms with Crippen LogP contribution in [0.1, 0.15) is 53.9 Å². The maximum atomic E-state index is 9.75. The van der Waals surface area contributed by atoms with E-state index in [2.05, 4.69) is 33.0 Å². The largest absolute Gasteiger partial charge is 0.393 e. The predicted molar refractivity (Wildman–Crippen MR) is 67.0 cm³/mol. The molecule has 0 radical (unpaired) electrons. The fourth-order valence-corrected chi connectivity index (χ4v) is 2.21. The lowest BCUT2D eigenvalue weighted by atomic mass is 9.86. The van der Waals surface area contributed by atoms with Gasteiger partial charge in [-0.15, -0.1) is 0 Å². The first-order valence-corrected chi connectivity index (χ1v) is 6.44. The van der Waals surface area contributed by atoms with Gasteiger partial charge in [0.2, 0.25) is 0 Å². The second-order valence-corrected chi connectivity index (χ2v) is 5.00. The fourth-order valence-electron chi connectivity index (χ4n) is 2.21. The Morgan fingerprint density at radius 1 is 1.13 bits per heavy atom. The lowest BCUT2D eigenvalue weighted by Gasteiger charge is -2.30. The van der Waals surface area contributed by atoms with Crippen LogP contribution in [0.15, 0.2) is 0 Å². The highest BCUT2D eigenvalue weighted by atomic mass is 16.3. The third-order valence-electron chi connectivity index (χ3n) is 2.99. The summed E-state index contributed by atoms with van der Waals surface area (Å²) < 4.78 is 0. The molecule has 0 amide bonds. The van der Waals surface area contributed by atoms with E-state index in [1.807, 2.05) is 6.92 Å². The van der Waals surface area contributed by atoms with Crippen LogP contribution in [0, 0.1) is 11.8 Å². The first-order valence-electron chi connectivity index (χ1n) is 6.44. The number of nitrogens with one attached hydrogen (secondary N) is 1. The minimum atomic E-state index is -0.205. The Kier molecular flexibility index (Phi) is 8.07. The zero-order chi connectivity index (χ0) is 11.8. The van der Waals surface area contributed by atoms with Gasteiger partial charge in [-0.25, -0.2) is 0 Å². The fraction of sp³-hybridized carbons (Fsp3) is 1.00. The van der Waals surface area contributed by atoms with Gasteiger partial charge in [0.1, 0.15) is 0 Å². The molecule has 0 aromatic rings. The molecule has 0 aromatic heterocycles. The molecule has 0 aliphatic carbocycles. The van der Waals surface area contributed by atoms with Crippen LogP contribution in [0.5, 0.6) is 0 Å². The van der Waals surface area contributed by atoms with Gasteiger partial charge in [-0.1, -0.05) is 27.7 Å². The Hall–Kier alpha value is -0.0800. The van der Waals surface area contributed by atoms with Crippen molar-refractivity contribution in [1.82, 2.24) is 5.32 Å².